The summed E-state index contributed by atoms with van der Waals surface area (Å²) < 4.78 is 4.92. The van der Waals surface area contributed by atoms with Crippen LogP contribution in [0.2, 0.25) is 0 Å². The number of nitrogens with zero attached hydrogens (tertiary/aromatic N) is 2. The molecular weight excluding hydrogens is 406 g/mol. The zero-order valence-electron chi connectivity index (χ0n) is 16.9. The summed E-state index contributed by atoms with van der Waals surface area (Å²) in [6.07, 6.45) is 1.09. The molecule has 10 heteroatoms. The molecule has 3 rings (SSSR count). The number of methoxy groups -OCH3 is 1. The number of hydrogen-bond donors (Lipinski definition) is 2. The van der Waals surface area contributed by atoms with Crippen molar-refractivity contribution in [1.82, 2.24) is 5.32 Å². The molecule has 0 unspecified atom stereocenters. The molecule has 2 N–H and O–H groups in total. The van der Waals surface area contributed by atoms with E-state index < -0.39 is 39.8 Å². The Morgan fingerprint density at radius 2 is 1.81 bits per heavy atom. The number of carbonyl (C=O) groups excluding carboxylic acids is 3. The maximum absolute atomic E-state index is 13.0. The highest BCUT2D eigenvalue weighted by atomic mass is 16.6. The van der Waals surface area contributed by atoms with Gasteiger partial charge in [-0.3, -0.25) is 25.0 Å². The molecule has 1 fully saturated rings. The number of nitro benzene ring substituents is 1. The van der Waals surface area contributed by atoms with Gasteiger partial charge in [-0.2, -0.15) is 0 Å². The maximum atomic E-state index is 13.0. The van der Waals surface area contributed by atoms with Crippen molar-refractivity contribution in [3.63, 3.8) is 0 Å². The van der Waals surface area contributed by atoms with E-state index in [1.807, 2.05) is 13.8 Å². The molecule has 0 atom stereocenters. The van der Waals surface area contributed by atoms with Crippen LogP contribution < -0.4 is 15.0 Å². The molecule has 2 aromatic rings. The van der Waals surface area contributed by atoms with Crippen LogP contribution in [0.15, 0.2) is 42.0 Å². The topological polar surface area (TPSA) is 139 Å². The number of rotatable bonds is 5. The van der Waals surface area contributed by atoms with Gasteiger partial charge in [-0.05, 0) is 41.3 Å². The number of imide groups is 2. The molecule has 1 saturated heterocycles. The van der Waals surface area contributed by atoms with Gasteiger partial charge in [0.05, 0.1) is 17.7 Å². The highest BCUT2D eigenvalue weighted by molar-refractivity contribution is 6.39. The van der Waals surface area contributed by atoms with Gasteiger partial charge in [-0.1, -0.05) is 26.0 Å². The lowest BCUT2D eigenvalue weighted by atomic mass is 10.0. The molecule has 0 radical (unpaired) electrons. The van der Waals surface area contributed by atoms with Gasteiger partial charge in [-0.25, -0.2) is 9.69 Å². The maximum Gasteiger partial charge on any atom is 0.335 e. The Labute approximate surface area is 176 Å². The number of phenolic OH excluding ortho intramolecular Hbond substituents is 1. The van der Waals surface area contributed by atoms with Crippen LogP contribution >= 0.6 is 0 Å². The van der Waals surface area contributed by atoms with E-state index in [2.05, 4.69) is 5.32 Å². The van der Waals surface area contributed by atoms with Crippen LogP contribution in [-0.4, -0.2) is 35.0 Å². The van der Waals surface area contributed by atoms with Gasteiger partial charge < -0.3 is 9.84 Å². The molecule has 0 aromatic heterocycles. The number of phenols is 1. The molecule has 31 heavy (non-hydrogen) atoms. The molecule has 0 aliphatic carbocycles. The molecule has 1 aliphatic rings. The third kappa shape index (κ3) is 4.08. The summed E-state index contributed by atoms with van der Waals surface area (Å²) >= 11 is 0. The van der Waals surface area contributed by atoms with Gasteiger partial charge in [0.2, 0.25) is 5.75 Å². The molecular formula is C21H19N3O7. The first-order valence-corrected chi connectivity index (χ1v) is 9.20. The summed E-state index contributed by atoms with van der Waals surface area (Å²) in [6, 6.07) is 8.04. The first-order valence-electron chi connectivity index (χ1n) is 9.20. The Morgan fingerprint density at radius 1 is 1.16 bits per heavy atom. The second kappa shape index (κ2) is 8.27. The van der Waals surface area contributed by atoms with Crippen molar-refractivity contribution in [2.45, 2.75) is 19.8 Å². The van der Waals surface area contributed by atoms with Gasteiger partial charge >= 0.3 is 11.7 Å². The number of hydrogen-bond acceptors (Lipinski definition) is 7. The number of nitrogens with one attached hydrogen (secondary N) is 1. The first-order chi connectivity index (χ1) is 14.6. The van der Waals surface area contributed by atoms with Crippen molar-refractivity contribution >= 4 is 35.3 Å². The average Bonchev–Trinajstić information content (AvgIpc) is 2.72. The van der Waals surface area contributed by atoms with Crippen molar-refractivity contribution in [1.29, 1.82) is 0 Å². The Balaban J connectivity index is 2.05. The quantitative estimate of drug-likeness (QED) is 0.325. The molecule has 10 nitrogen and oxygen atoms in total. The number of carbonyl (C=O) groups is 3. The average molecular weight is 425 g/mol. The highest BCUT2D eigenvalue weighted by Gasteiger charge is 2.37. The van der Waals surface area contributed by atoms with Crippen LogP contribution in [-0.2, 0) is 9.59 Å². The number of aromatic hydroxyl groups is 1. The zero-order valence-corrected chi connectivity index (χ0v) is 16.9. The monoisotopic (exact) mass is 425 g/mol. The molecule has 0 bridgehead atoms. The van der Waals surface area contributed by atoms with Crippen LogP contribution in [0.4, 0.5) is 16.2 Å². The van der Waals surface area contributed by atoms with Crippen molar-refractivity contribution < 1.29 is 29.2 Å². The fourth-order valence-electron chi connectivity index (χ4n) is 3.06. The van der Waals surface area contributed by atoms with Crippen molar-refractivity contribution in [3.8, 4) is 11.5 Å². The standard InChI is InChI=1S/C21H19N3O7/c1-11(2)13-4-6-14(7-5-13)23-20(27)15(19(26)22-21(23)28)8-12-9-16(24(29)30)18(25)17(10-12)31-3/h4-11,25H,1-3H3,(H,22,26,28). The molecule has 0 saturated carbocycles. The fraction of sp³-hybridized carbons (Fsp3) is 0.190. The van der Waals surface area contributed by atoms with E-state index in [1.165, 1.54) is 13.2 Å². The molecule has 1 aliphatic heterocycles. The van der Waals surface area contributed by atoms with E-state index in [1.54, 1.807) is 24.3 Å². The first kappa shape index (κ1) is 21.5. The number of nitro groups is 1. The van der Waals surface area contributed by atoms with Crippen LogP contribution in [0.25, 0.3) is 6.08 Å². The third-order valence-corrected chi connectivity index (χ3v) is 4.72. The minimum atomic E-state index is -0.945. The predicted molar refractivity (Wildman–Crippen MR) is 111 cm³/mol. The van der Waals surface area contributed by atoms with E-state index in [9.17, 15) is 29.6 Å². The van der Waals surface area contributed by atoms with Gasteiger partial charge in [0.1, 0.15) is 5.57 Å². The largest absolute Gasteiger partial charge is 0.500 e. The summed E-state index contributed by atoms with van der Waals surface area (Å²) in [7, 11) is 1.20. The number of benzene rings is 2. The van der Waals surface area contributed by atoms with Crippen LogP contribution in [0.5, 0.6) is 11.5 Å². The van der Waals surface area contributed by atoms with Crippen LogP contribution in [0, 0.1) is 10.1 Å². The lowest BCUT2D eigenvalue weighted by Crippen LogP contribution is -2.54. The number of barbiturate groups is 1. The minimum Gasteiger partial charge on any atom is -0.500 e. The van der Waals surface area contributed by atoms with Crippen LogP contribution in [0.3, 0.4) is 0 Å². The predicted octanol–water partition coefficient (Wildman–Crippen LogP) is 3.10. The van der Waals surface area contributed by atoms with Crippen molar-refractivity contribution in [2.24, 2.45) is 0 Å². The molecule has 1 heterocycles. The Morgan fingerprint density at radius 3 is 2.35 bits per heavy atom. The van der Waals surface area contributed by atoms with E-state index in [0.717, 1.165) is 22.6 Å². The summed E-state index contributed by atoms with van der Waals surface area (Å²) in [5.41, 5.74) is 0.259. The Kier molecular flexibility index (Phi) is 5.73. The van der Waals surface area contributed by atoms with E-state index >= 15 is 0 Å². The summed E-state index contributed by atoms with van der Waals surface area (Å²) in [6.45, 7) is 4.00. The smallest absolute Gasteiger partial charge is 0.335 e. The second-order valence-corrected chi connectivity index (χ2v) is 7.05. The Bertz CT molecular complexity index is 1120. The zero-order chi connectivity index (χ0) is 22.9. The van der Waals surface area contributed by atoms with Crippen molar-refractivity contribution in [3.05, 3.63) is 63.2 Å². The number of urea groups is 1. The van der Waals surface area contributed by atoms with E-state index in [4.69, 9.17) is 4.74 Å². The number of anilines is 1. The Hall–Kier alpha value is -4.21. The number of ether oxygens (including phenoxy) is 1. The molecule has 160 valence electrons. The van der Waals surface area contributed by atoms with Gasteiger partial charge in [0.15, 0.2) is 5.75 Å². The third-order valence-electron chi connectivity index (χ3n) is 4.72. The van der Waals surface area contributed by atoms with Crippen LogP contribution in [0.1, 0.15) is 30.9 Å². The summed E-state index contributed by atoms with van der Waals surface area (Å²) in [5, 5.41) is 23.2. The normalized spacial score (nSPS) is 15.4. The lowest BCUT2D eigenvalue weighted by Gasteiger charge is -2.26. The van der Waals surface area contributed by atoms with E-state index in [-0.39, 0.29) is 22.9 Å². The van der Waals surface area contributed by atoms with E-state index in [0.29, 0.717) is 0 Å². The lowest BCUT2D eigenvalue weighted by molar-refractivity contribution is -0.386. The minimum absolute atomic E-state index is 0.0595. The summed E-state index contributed by atoms with van der Waals surface area (Å²) in [4.78, 5) is 48.8. The summed E-state index contributed by atoms with van der Waals surface area (Å²) in [5.74, 6) is -2.48. The molecule has 0 spiro atoms. The van der Waals surface area contributed by atoms with Crippen molar-refractivity contribution in [2.75, 3.05) is 12.0 Å². The fourth-order valence-corrected chi connectivity index (χ4v) is 3.06. The molecule has 4 amide bonds. The molecule has 2 aromatic carbocycles. The van der Waals surface area contributed by atoms with Gasteiger partial charge in [0.25, 0.3) is 11.8 Å². The second-order valence-electron chi connectivity index (χ2n) is 7.05. The SMILES string of the molecule is COc1cc(C=C2C(=O)NC(=O)N(c3ccc(C(C)C)cc3)C2=O)cc([N+](=O)[O-])c1O. The van der Waals surface area contributed by atoms with Gasteiger partial charge in [0, 0.05) is 6.07 Å². The number of amides is 4. The highest BCUT2D eigenvalue weighted by Crippen LogP contribution is 2.37. The van der Waals surface area contributed by atoms with Gasteiger partial charge in [-0.15, -0.1) is 0 Å².